The summed E-state index contributed by atoms with van der Waals surface area (Å²) in [6.45, 7) is 0.207. The number of rotatable bonds is 7. The molecule has 0 aliphatic rings. The second-order valence-electron chi connectivity index (χ2n) is 5.31. The van der Waals surface area contributed by atoms with Crippen LogP contribution in [0, 0.1) is 11.3 Å². The Kier molecular flexibility index (Phi) is 6.12. The Morgan fingerprint density at radius 1 is 1.32 bits per heavy atom. The molecule has 0 saturated carbocycles. The molecule has 0 unspecified atom stereocenters. The van der Waals surface area contributed by atoms with E-state index in [4.69, 9.17) is 10.00 Å². The van der Waals surface area contributed by atoms with Crippen LogP contribution >= 0.6 is 0 Å². The molecule has 0 saturated heterocycles. The van der Waals surface area contributed by atoms with Crippen molar-refractivity contribution in [2.24, 2.45) is 7.05 Å². The number of aromatic nitrogens is 2. The van der Waals surface area contributed by atoms with Gasteiger partial charge in [0.1, 0.15) is 12.3 Å². The SMILES string of the molecule is Cn1c(=O)ccn(CC(=O)Nc2cccc(OCCCC#N)c2)c1=O. The second-order valence-corrected chi connectivity index (χ2v) is 5.31. The highest BCUT2D eigenvalue weighted by Crippen LogP contribution is 2.17. The first-order chi connectivity index (χ1) is 12.0. The van der Waals surface area contributed by atoms with E-state index in [1.807, 2.05) is 6.07 Å². The molecule has 8 nitrogen and oxygen atoms in total. The van der Waals surface area contributed by atoms with Crippen LogP contribution < -0.4 is 21.3 Å². The van der Waals surface area contributed by atoms with Gasteiger partial charge in [-0.25, -0.2) is 4.79 Å². The molecule has 1 N–H and O–H groups in total. The minimum atomic E-state index is -0.558. The lowest BCUT2D eigenvalue weighted by molar-refractivity contribution is -0.116. The number of amides is 1. The fraction of sp³-hybridized carbons (Fsp3) is 0.294. The lowest BCUT2D eigenvalue weighted by Crippen LogP contribution is -2.38. The Bertz CT molecular complexity index is 908. The second kappa shape index (κ2) is 8.49. The van der Waals surface area contributed by atoms with Crippen molar-refractivity contribution >= 4 is 11.6 Å². The third-order valence-corrected chi connectivity index (χ3v) is 3.39. The number of nitriles is 1. The molecule has 25 heavy (non-hydrogen) atoms. The lowest BCUT2D eigenvalue weighted by atomic mass is 10.3. The van der Waals surface area contributed by atoms with E-state index in [0.29, 0.717) is 30.9 Å². The van der Waals surface area contributed by atoms with Gasteiger partial charge in [0.05, 0.1) is 12.7 Å². The minimum absolute atomic E-state index is 0.208. The number of hydrogen-bond donors (Lipinski definition) is 1. The molecule has 0 fully saturated rings. The molecule has 0 spiro atoms. The normalized spacial score (nSPS) is 10.1. The minimum Gasteiger partial charge on any atom is -0.493 e. The molecule has 130 valence electrons. The summed E-state index contributed by atoms with van der Waals surface area (Å²) in [6, 6.07) is 10.1. The molecule has 0 radical (unpaired) electrons. The molecule has 2 aromatic rings. The predicted molar refractivity (Wildman–Crippen MR) is 91.4 cm³/mol. The maximum Gasteiger partial charge on any atom is 0.331 e. The highest BCUT2D eigenvalue weighted by Gasteiger charge is 2.08. The van der Waals surface area contributed by atoms with Gasteiger partial charge in [-0.2, -0.15) is 5.26 Å². The van der Waals surface area contributed by atoms with Crippen LogP contribution in [-0.2, 0) is 18.4 Å². The molecule has 0 aliphatic heterocycles. The summed E-state index contributed by atoms with van der Waals surface area (Å²) in [5.41, 5.74) is -0.458. The van der Waals surface area contributed by atoms with Gasteiger partial charge in [-0.15, -0.1) is 0 Å². The van der Waals surface area contributed by atoms with Crippen molar-refractivity contribution in [2.45, 2.75) is 19.4 Å². The van der Waals surface area contributed by atoms with E-state index >= 15 is 0 Å². The predicted octanol–water partition coefficient (Wildman–Crippen LogP) is 0.868. The van der Waals surface area contributed by atoms with Crippen molar-refractivity contribution in [3.8, 4) is 11.8 Å². The average Bonchev–Trinajstić information content (AvgIpc) is 2.60. The van der Waals surface area contributed by atoms with Crippen LogP contribution in [0.2, 0.25) is 0 Å². The number of carbonyl (C=O) groups excluding carboxylic acids is 1. The van der Waals surface area contributed by atoms with Crippen LogP contribution in [-0.4, -0.2) is 21.6 Å². The molecule has 1 aromatic carbocycles. The smallest absolute Gasteiger partial charge is 0.331 e. The summed E-state index contributed by atoms with van der Waals surface area (Å²) >= 11 is 0. The van der Waals surface area contributed by atoms with E-state index in [1.165, 1.54) is 19.3 Å². The fourth-order valence-corrected chi connectivity index (χ4v) is 2.10. The van der Waals surface area contributed by atoms with Gasteiger partial charge in [-0.1, -0.05) is 6.07 Å². The number of hydrogen-bond acceptors (Lipinski definition) is 5. The maximum absolute atomic E-state index is 12.1. The zero-order valence-corrected chi connectivity index (χ0v) is 13.8. The molecule has 0 aliphatic carbocycles. The van der Waals surface area contributed by atoms with Gasteiger partial charge in [-0.3, -0.25) is 18.7 Å². The Balaban J connectivity index is 1.99. The van der Waals surface area contributed by atoms with E-state index < -0.39 is 17.2 Å². The van der Waals surface area contributed by atoms with Gasteiger partial charge in [0, 0.05) is 37.5 Å². The van der Waals surface area contributed by atoms with E-state index in [2.05, 4.69) is 5.32 Å². The van der Waals surface area contributed by atoms with Crippen molar-refractivity contribution in [2.75, 3.05) is 11.9 Å². The Morgan fingerprint density at radius 2 is 2.12 bits per heavy atom. The quantitative estimate of drug-likeness (QED) is 0.752. The van der Waals surface area contributed by atoms with Crippen LogP contribution in [0.5, 0.6) is 5.75 Å². The molecular weight excluding hydrogens is 324 g/mol. The van der Waals surface area contributed by atoms with Crippen LogP contribution in [0.15, 0.2) is 46.1 Å². The molecule has 1 amide bonds. The molecule has 8 heteroatoms. The number of anilines is 1. The molecule has 1 aromatic heterocycles. The van der Waals surface area contributed by atoms with Crippen LogP contribution in [0.25, 0.3) is 0 Å². The number of carbonyl (C=O) groups is 1. The molecular formula is C17H18N4O4. The first-order valence-electron chi connectivity index (χ1n) is 7.67. The Morgan fingerprint density at radius 3 is 2.88 bits per heavy atom. The van der Waals surface area contributed by atoms with E-state index in [1.54, 1.807) is 24.3 Å². The number of unbranched alkanes of at least 4 members (excludes halogenated alkanes) is 1. The zero-order chi connectivity index (χ0) is 18.2. The monoisotopic (exact) mass is 342 g/mol. The van der Waals surface area contributed by atoms with Crippen LogP contribution in [0.4, 0.5) is 5.69 Å². The van der Waals surface area contributed by atoms with Gasteiger partial charge in [-0.05, 0) is 18.6 Å². The first kappa shape index (κ1) is 18.0. The standard InChI is InChI=1S/C17H18N4O4/c1-20-16(23)7-9-21(17(20)24)12-15(22)19-13-5-4-6-14(11-13)25-10-3-2-8-18/h4-7,9,11H,2-3,10,12H2,1H3,(H,19,22). The third-order valence-electron chi connectivity index (χ3n) is 3.39. The third kappa shape index (κ3) is 5.07. The summed E-state index contributed by atoms with van der Waals surface area (Å²) in [5, 5.41) is 11.2. The van der Waals surface area contributed by atoms with Gasteiger partial charge < -0.3 is 10.1 Å². The molecule has 1 heterocycles. The molecule has 0 atom stereocenters. The van der Waals surface area contributed by atoms with Crippen LogP contribution in [0.3, 0.4) is 0 Å². The lowest BCUT2D eigenvalue weighted by Gasteiger charge is -2.10. The number of benzene rings is 1. The van der Waals surface area contributed by atoms with Gasteiger partial charge in [0.25, 0.3) is 5.56 Å². The Labute approximate surface area is 143 Å². The van der Waals surface area contributed by atoms with E-state index in [0.717, 1.165) is 9.13 Å². The number of nitrogens with one attached hydrogen (secondary N) is 1. The van der Waals surface area contributed by atoms with E-state index in [-0.39, 0.29) is 6.54 Å². The summed E-state index contributed by atoms with van der Waals surface area (Å²) in [7, 11) is 1.35. The number of ether oxygens (including phenoxy) is 1. The van der Waals surface area contributed by atoms with Crippen molar-refractivity contribution in [1.82, 2.24) is 9.13 Å². The summed E-state index contributed by atoms with van der Waals surface area (Å²) in [6.07, 6.45) is 2.34. The first-order valence-corrected chi connectivity index (χ1v) is 7.67. The van der Waals surface area contributed by atoms with Crippen molar-refractivity contribution in [1.29, 1.82) is 5.26 Å². The van der Waals surface area contributed by atoms with Crippen molar-refractivity contribution in [3.63, 3.8) is 0 Å². The number of nitrogens with zero attached hydrogens (tertiary/aromatic N) is 3. The highest BCUT2D eigenvalue weighted by atomic mass is 16.5. The van der Waals surface area contributed by atoms with Gasteiger partial charge in [0.15, 0.2) is 0 Å². The highest BCUT2D eigenvalue weighted by molar-refractivity contribution is 5.90. The average molecular weight is 342 g/mol. The summed E-state index contributed by atoms with van der Waals surface area (Å²) < 4.78 is 7.59. The maximum atomic E-state index is 12.1. The van der Waals surface area contributed by atoms with Gasteiger partial charge in [0.2, 0.25) is 5.91 Å². The summed E-state index contributed by atoms with van der Waals surface area (Å²) in [5.74, 6) is 0.178. The van der Waals surface area contributed by atoms with Gasteiger partial charge >= 0.3 is 5.69 Å². The molecule has 2 rings (SSSR count). The topological polar surface area (TPSA) is 106 Å². The molecule has 0 bridgehead atoms. The van der Waals surface area contributed by atoms with Crippen LogP contribution in [0.1, 0.15) is 12.8 Å². The fourth-order valence-electron chi connectivity index (χ4n) is 2.10. The summed E-state index contributed by atoms with van der Waals surface area (Å²) in [4.78, 5) is 35.4. The van der Waals surface area contributed by atoms with Crippen molar-refractivity contribution < 1.29 is 9.53 Å². The zero-order valence-electron chi connectivity index (χ0n) is 13.8. The largest absolute Gasteiger partial charge is 0.493 e. The van der Waals surface area contributed by atoms with Crippen molar-refractivity contribution in [3.05, 3.63) is 57.4 Å². The Hall–Kier alpha value is -3.34. The van der Waals surface area contributed by atoms with E-state index in [9.17, 15) is 14.4 Å².